The molecule has 1 unspecified atom stereocenters. The topological polar surface area (TPSA) is 97.0 Å². The van der Waals surface area contributed by atoms with Crippen molar-refractivity contribution in [3.8, 4) is 11.4 Å². The number of carbonyl (C=O) groups is 2. The van der Waals surface area contributed by atoms with Gasteiger partial charge >= 0.3 is 5.97 Å². The first-order valence-electron chi connectivity index (χ1n) is 9.17. The first-order chi connectivity index (χ1) is 14.5. The molecular weight excluding hydrogens is 387 g/mol. The minimum absolute atomic E-state index is 0.283. The van der Waals surface area contributed by atoms with Crippen LogP contribution in [-0.2, 0) is 9.53 Å². The van der Waals surface area contributed by atoms with Gasteiger partial charge in [-0.3, -0.25) is 9.78 Å². The maximum absolute atomic E-state index is 13.0. The van der Waals surface area contributed by atoms with Gasteiger partial charge in [-0.25, -0.2) is 14.2 Å². The van der Waals surface area contributed by atoms with Crippen LogP contribution in [0.25, 0.3) is 22.4 Å². The summed E-state index contributed by atoms with van der Waals surface area (Å²) >= 11 is 0. The lowest BCUT2D eigenvalue weighted by Crippen LogP contribution is -2.30. The third-order valence-electron chi connectivity index (χ3n) is 4.42. The fourth-order valence-electron chi connectivity index (χ4n) is 2.84. The molecule has 0 aliphatic heterocycles. The number of ether oxygens (including phenoxy) is 1. The molecule has 0 radical (unpaired) electrons. The van der Waals surface area contributed by atoms with Crippen molar-refractivity contribution in [3.63, 3.8) is 0 Å². The van der Waals surface area contributed by atoms with Gasteiger partial charge in [-0.05, 0) is 61.5 Å². The third-order valence-corrected chi connectivity index (χ3v) is 4.42. The summed E-state index contributed by atoms with van der Waals surface area (Å²) in [6.45, 7) is 1.46. The van der Waals surface area contributed by atoms with Crippen LogP contribution in [0.2, 0.25) is 0 Å². The minimum atomic E-state index is -1.04. The van der Waals surface area contributed by atoms with Crippen molar-refractivity contribution < 1.29 is 18.7 Å². The van der Waals surface area contributed by atoms with E-state index in [-0.39, 0.29) is 5.56 Å². The summed E-state index contributed by atoms with van der Waals surface area (Å²) in [6, 6.07) is 13.9. The molecule has 8 heteroatoms. The number of esters is 1. The Morgan fingerprint density at radius 2 is 1.93 bits per heavy atom. The largest absolute Gasteiger partial charge is 0.449 e. The first-order valence-corrected chi connectivity index (χ1v) is 9.17. The summed E-state index contributed by atoms with van der Waals surface area (Å²) in [5.41, 5.74) is 2.86. The lowest BCUT2D eigenvalue weighted by molar-refractivity contribution is -0.123. The summed E-state index contributed by atoms with van der Waals surface area (Å²) in [6.07, 6.45) is 2.33. The summed E-state index contributed by atoms with van der Waals surface area (Å²) in [4.78, 5) is 36.4. The smallest absolute Gasteiger partial charge is 0.338 e. The van der Waals surface area contributed by atoms with Crippen LogP contribution in [0.4, 0.5) is 10.1 Å². The Morgan fingerprint density at radius 3 is 2.67 bits per heavy atom. The average molecular weight is 404 g/mol. The van der Waals surface area contributed by atoms with Gasteiger partial charge in [0.15, 0.2) is 6.10 Å². The van der Waals surface area contributed by atoms with Crippen molar-refractivity contribution in [3.05, 3.63) is 78.4 Å². The van der Waals surface area contributed by atoms with E-state index in [4.69, 9.17) is 4.74 Å². The number of halogens is 1. The standard InChI is InChI=1S/C22H17FN4O3/c1-13(21(28)25-17-7-5-16(23)6-8-17)30-22(29)14-4-9-18-19(11-14)27-20(26-18)15-3-2-10-24-12-15/h2-13H,1H3,(H,25,28)(H,26,27). The van der Waals surface area contributed by atoms with Crippen LogP contribution in [-0.4, -0.2) is 32.9 Å². The molecule has 0 aliphatic rings. The quantitative estimate of drug-likeness (QED) is 0.491. The number of benzene rings is 2. The maximum Gasteiger partial charge on any atom is 0.338 e. The van der Waals surface area contributed by atoms with E-state index in [2.05, 4.69) is 20.3 Å². The Kier molecular flexibility index (Phi) is 5.21. The van der Waals surface area contributed by atoms with Crippen LogP contribution >= 0.6 is 0 Å². The molecule has 1 amide bonds. The predicted molar refractivity (Wildman–Crippen MR) is 109 cm³/mol. The zero-order valence-electron chi connectivity index (χ0n) is 15.9. The number of H-pyrrole nitrogens is 1. The van der Waals surface area contributed by atoms with Crippen LogP contribution in [0.1, 0.15) is 17.3 Å². The molecule has 150 valence electrons. The van der Waals surface area contributed by atoms with Crippen LogP contribution in [0.3, 0.4) is 0 Å². The molecule has 0 aliphatic carbocycles. The monoisotopic (exact) mass is 404 g/mol. The molecule has 0 spiro atoms. The first kappa shape index (κ1) is 19.3. The van der Waals surface area contributed by atoms with Gasteiger partial charge in [-0.15, -0.1) is 0 Å². The second-order valence-corrected chi connectivity index (χ2v) is 6.60. The Bertz CT molecular complexity index is 1210. The van der Waals surface area contributed by atoms with Crippen molar-refractivity contribution in [2.45, 2.75) is 13.0 Å². The summed E-state index contributed by atoms with van der Waals surface area (Å²) < 4.78 is 18.2. The second kappa shape index (κ2) is 8.12. The number of aromatic amines is 1. The molecule has 30 heavy (non-hydrogen) atoms. The number of hydrogen-bond acceptors (Lipinski definition) is 5. The van der Waals surface area contributed by atoms with Crippen molar-refractivity contribution >= 4 is 28.6 Å². The van der Waals surface area contributed by atoms with E-state index in [9.17, 15) is 14.0 Å². The van der Waals surface area contributed by atoms with Crippen LogP contribution in [0.15, 0.2) is 67.0 Å². The van der Waals surface area contributed by atoms with E-state index in [1.165, 1.54) is 31.2 Å². The minimum Gasteiger partial charge on any atom is -0.449 e. The van der Waals surface area contributed by atoms with E-state index >= 15 is 0 Å². The van der Waals surface area contributed by atoms with Gasteiger partial charge in [-0.1, -0.05) is 0 Å². The van der Waals surface area contributed by atoms with Crippen molar-refractivity contribution in [1.29, 1.82) is 0 Å². The third kappa shape index (κ3) is 4.17. The molecule has 7 nitrogen and oxygen atoms in total. The van der Waals surface area contributed by atoms with E-state index in [1.54, 1.807) is 30.6 Å². The number of carbonyl (C=O) groups excluding carboxylic acids is 2. The number of fused-ring (bicyclic) bond motifs is 1. The number of hydrogen-bond donors (Lipinski definition) is 2. The normalized spacial score (nSPS) is 11.8. The van der Waals surface area contributed by atoms with E-state index in [0.717, 1.165) is 5.56 Å². The maximum atomic E-state index is 13.0. The number of aromatic nitrogens is 3. The van der Waals surface area contributed by atoms with Gasteiger partial charge in [0.05, 0.1) is 16.6 Å². The Hall–Kier alpha value is -4.07. The zero-order chi connectivity index (χ0) is 21.1. The molecule has 0 saturated carbocycles. The predicted octanol–water partition coefficient (Wildman–Crippen LogP) is 3.95. The highest BCUT2D eigenvalue weighted by molar-refractivity contribution is 5.98. The van der Waals surface area contributed by atoms with Crippen LogP contribution in [0, 0.1) is 5.82 Å². The van der Waals surface area contributed by atoms with E-state index in [0.29, 0.717) is 22.5 Å². The lowest BCUT2D eigenvalue weighted by atomic mass is 10.2. The molecule has 1 atom stereocenters. The van der Waals surface area contributed by atoms with Gasteiger partial charge in [0.2, 0.25) is 0 Å². The Labute approximate surface area is 170 Å². The number of nitrogens with zero attached hydrogens (tertiary/aromatic N) is 2. The fourth-order valence-corrected chi connectivity index (χ4v) is 2.84. The Balaban J connectivity index is 1.45. The number of amides is 1. The molecule has 0 bridgehead atoms. The highest BCUT2D eigenvalue weighted by Crippen LogP contribution is 2.21. The van der Waals surface area contributed by atoms with E-state index in [1.807, 2.05) is 12.1 Å². The van der Waals surface area contributed by atoms with Gasteiger partial charge < -0.3 is 15.0 Å². The number of nitrogens with one attached hydrogen (secondary N) is 2. The number of imidazole rings is 1. The number of pyridine rings is 1. The van der Waals surface area contributed by atoms with Gasteiger partial charge in [0.25, 0.3) is 5.91 Å². The zero-order valence-corrected chi connectivity index (χ0v) is 15.9. The van der Waals surface area contributed by atoms with Gasteiger partial charge in [0, 0.05) is 23.6 Å². The van der Waals surface area contributed by atoms with Crippen LogP contribution in [0.5, 0.6) is 0 Å². The molecule has 0 fully saturated rings. The number of anilines is 1. The van der Waals surface area contributed by atoms with Crippen LogP contribution < -0.4 is 5.32 Å². The fraction of sp³-hybridized carbons (Fsp3) is 0.0909. The molecule has 2 aromatic heterocycles. The summed E-state index contributed by atoms with van der Waals surface area (Å²) in [5, 5.41) is 2.57. The van der Waals surface area contributed by atoms with E-state index < -0.39 is 23.8 Å². The summed E-state index contributed by atoms with van der Waals surface area (Å²) in [7, 11) is 0. The molecule has 2 heterocycles. The molecule has 4 aromatic rings. The summed E-state index contributed by atoms with van der Waals surface area (Å²) in [5.74, 6) is -0.934. The van der Waals surface area contributed by atoms with Gasteiger partial charge in [-0.2, -0.15) is 0 Å². The number of rotatable bonds is 5. The van der Waals surface area contributed by atoms with Gasteiger partial charge in [0.1, 0.15) is 11.6 Å². The SMILES string of the molecule is CC(OC(=O)c1ccc2nc(-c3cccnc3)[nH]c2c1)C(=O)Nc1ccc(F)cc1. The van der Waals surface area contributed by atoms with Crippen molar-refractivity contribution in [1.82, 2.24) is 15.0 Å². The molecular formula is C22H17FN4O3. The lowest BCUT2D eigenvalue weighted by Gasteiger charge is -2.13. The van der Waals surface area contributed by atoms with Crippen molar-refractivity contribution in [2.24, 2.45) is 0 Å². The second-order valence-electron chi connectivity index (χ2n) is 6.60. The average Bonchev–Trinajstić information content (AvgIpc) is 3.19. The molecule has 2 N–H and O–H groups in total. The highest BCUT2D eigenvalue weighted by atomic mass is 19.1. The molecule has 0 saturated heterocycles. The molecule has 4 rings (SSSR count). The molecule has 2 aromatic carbocycles. The Morgan fingerprint density at radius 1 is 1.13 bits per heavy atom. The van der Waals surface area contributed by atoms with Crippen molar-refractivity contribution in [2.75, 3.05) is 5.32 Å². The highest BCUT2D eigenvalue weighted by Gasteiger charge is 2.20.